The molecule has 1 saturated carbocycles. The van der Waals surface area contributed by atoms with E-state index in [0.29, 0.717) is 12.7 Å². The van der Waals surface area contributed by atoms with Crippen LogP contribution >= 0.6 is 0 Å². The van der Waals surface area contributed by atoms with E-state index in [-0.39, 0.29) is 0 Å². The van der Waals surface area contributed by atoms with Crippen molar-refractivity contribution in [3.63, 3.8) is 0 Å². The van der Waals surface area contributed by atoms with E-state index in [4.69, 9.17) is 9.47 Å². The molecule has 17 heavy (non-hydrogen) atoms. The molecule has 0 saturated heterocycles. The number of H-pyrrole nitrogens is 1. The largest absolute Gasteiger partial charge is 0.454 e. The molecule has 1 aliphatic heterocycles. The number of hydrogen-bond donors (Lipinski definition) is 1. The standard InChI is InChI=1S/C12H11N3O2/c1-2-7(1)11-13-12(15-14-11)8-3-4-9-10(5-8)17-6-16-9/h3-5,7H,1-2,6H2,(H,13,14,15). The minimum atomic E-state index is 0.292. The van der Waals surface area contributed by atoms with Gasteiger partial charge in [0.25, 0.3) is 0 Å². The number of aromatic amines is 1. The summed E-state index contributed by atoms with van der Waals surface area (Å²) in [5, 5.41) is 7.24. The number of ether oxygens (including phenoxy) is 2. The second-order valence-electron chi connectivity index (χ2n) is 4.39. The van der Waals surface area contributed by atoms with Crippen LogP contribution in [-0.2, 0) is 0 Å². The third-order valence-corrected chi connectivity index (χ3v) is 3.10. The summed E-state index contributed by atoms with van der Waals surface area (Å²) < 4.78 is 10.6. The van der Waals surface area contributed by atoms with Gasteiger partial charge in [-0.25, -0.2) is 4.98 Å². The average molecular weight is 229 g/mol. The van der Waals surface area contributed by atoms with E-state index in [2.05, 4.69) is 15.2 Å². The number of rotatable bonds is 2. The lowest BCUT2D eigenvalue weighted by atomic mass is 10.2. The van der Waals surface area contributed by atoms with Gasteiger partial charge >= 0.3 is 0 Å². The molecule has 2 aromatic rings. The number of fused-ring (bicyclic) bond motifs is 1. The maximum atomic E-state index is 5.34. The van der Waals surface area contributed by atoms with Gasteiger partial charge in [0.05, 0.1) is 0 Å². The van der Waals surface area contributed by atoms with Crippen molar-refractivity contribution in [2.24, 2.45) is 0 Å². The van der Waals surface area contributed by atoms with Crippen LogP contribution in [0, 0.1) is 0 Å². The highest BCUT2D eigenvalue weighted by molar-refractivity contribution is 5.61. The molecule has 1 aromatic heterocycles. The van der Waals surface area contributed by atoms with Crippen molar-refractivity contribution in [2.75, 3.05) is 6.79 Å². The van der Waals surface area contributed by atoms with Gasteiger partial charge in [0.2, 0.25) is 6.79 Å². The van der Waals surface area contributed by atoms with Gasteiger partial charge in [-0.1, -0.05) is 0 Å². The molecule has 1 N–H and O–H groups in total. The van der Waals surface area contributed by atoms with Crippen molar-refractivity contribution in [1.82, 2.24) is 15.2 Å². The van der Waals surface area contributed by atoms with Crippen LogP contribution in [0.2, 0.25) is 0 Å². The van der Waals surface area contributed by atoms with Gasteiger partial charge in [-0.15, -0.1) is 0 Å². The Morgan fingerprint density at radius 3 is 2.94 bits per heavy atom. The molecule has 1 aromatic carbocycles. The van der Waals surface area contributed by atoms with Crippen LogP contribution in [0.25, 0.3) is 11.4 Å². The molecule has 5 nitrogen and oxygen atoms in total. The molecule has 0 atom stereocenters. The van der Waals surface area contributed by atoms with E-state index < -0.39 is 0 Å². The lowest BCUT2D eigenvalue weighted by Gasteiger charge is -1.98. The average Bonchev–Trinajstić information content (AvgIpc) is 2.93. The number of nitrogens with one attached hydrogen (secondary N) is 1. The third-order valence-electron chi connectivity index (χ3n) is 3.10. The molecular weight excluding hydrogens is 218 g/mol. The van der Waals surface area contributed by atoms with E-state index in [9.17, 15) is 0 Å². The molecule has 1 aliphatic carbocycles. The highest BCUT2D eigenvalue weighted by Gasteiger charge is 2.27. The third kappa shape index (κ3) is 1.46. The fraction of sp³-hybridized carbons (Fsp3) is 0.333. The molecule has 0 bridgehead atoms. The molecule has 5 heteroatoms. The van der Waals surface area contributed by atoms with Gasteiger partial charge in [-0.05, 0) is 31.0 Å². The molecule has 1 fully saturated rings. The van der Waals surface area contributed by atoms with Crippen LogP contribution in [0.3, 0.4) is 0 Å². The summed E-state index contributed by atoms with van der Waals surface area (Å²) in [6.07, 6.45) is 2.44. The molecule has 2 heterocycles. The lowest BCUT2D eigenvalue weighted by molar-refractivity contribution is 0.174. The van der Waals surface area contributed by atoms with Gasteiger partial charge < -0.3 is 9.47 Å². The van der Waals surface area contributed by atoms with E-state index in [1.807, 2.05) is 18.2 Å². The highest BCUT2D eigenvalue weighted by atomic mass is 16.7. The SMILES string of the molecule is c1cc2c(cc1-c1n[nH]c(C3CC3)n1)OCO2. The monoisotopic (exact) mass is 229 g/mol. The zero-order chi connectivity index (χ0) is 11.2. The Bertz CT molecular complexity index is 575. The number of nitrogens with zero attached hydrogens (tertiary/aromatic N) is 2. The fourth-order valence-corrected chi connectivity index (χ4v) is 1.98. The van der Waals surface area contributed by atoms with Crippen LogP contribution in [0.15, 0.2) is 18.2 Å². The normalized spacial score (nSPS) is 17.4. The fourth-order valence-electron chi connectivity index (χ4n) is 1.98. The van der Waals surface area contributed by atoms with E-state index in [0.717, 1.165) is 28.7 Å². The van der Waals surface area contributed by atoms with E-state index in [1.54, 1.807) is 0 Å². The Hall–Kier alpha value is -2.04. The molecule has 86 valence electrons. The molecule has 0 unspecified atom stereocenters. The van der Waals surface area contributed by atoms with E-state index >= 15 is 0 Å². The Kier molecular flexibility index (Phi) is 1.72. The topological polar surface area (TPSA) is 60.0 Å². The Morgan fingerprint density at radius 2 is 2.06 bits per heavy atom. The maximum Gasteiger partial charge on any atom is 0.231 e. The van der Waals surface area contributed by atoms with Gasteiger partial charge in [-0.2, -0.15) is 5.10 Å². The quantitative estimate of drug-likeness (QED) is 0.856. The van der Waals surface area contributed by atoms with Gasteiger partial charge in [0.15, 0.2) is 17.3 Å². The summed E-state index contributed by atoms with van der Waals surface area (Å²) in [5.41, 5.74) is 0.956. The number of benzene rings is 1. The minimum absolute atomic E-state index is 0.292. The van der Waals surface area contributed by atoms with Gasteiger partial charge in [0, 0.05) is 11.5 Å². The molecular formula is C12H11N3O2. The predicted octanol–water partition coefficient (Wildman–Crippen LogP) is 2.08. The van der Waals surface area contributed by atoms with Gasteiger partial charge in [0.1, 0.15) is 5.82 Å². The summed E-state index contributed by atoms with van der Waals surface area (Å²) in [6, 6.07) is 5.76. The number of hydrogen-bond acceptors (Lipinski definition) is 4. The molecule has 0 amide bonds. The Balaban J connectivity index is 1.72. The van der Waals surface area contributed by atoms with Crippen molar-refractivity contribution in [1.29, 1.82) is 0 Å². The molecule has 4 rings (SSSR count). The Morgan fingerprint density at radius 1 is 1.18 bits per heavy atom. The van der Waals surface area contributed by atoms with E-state index in [1.165, 1.54) is 12.8 Å². The molecule has 2 aliphatic rings. The first-order valence-electron chi connectivity index (χ1n) is 5.72. The summed E-state index contributed by atoms with van der Waals surface area (Å²) in [6.45, 7) is 0.292. The zero-order valence-corrected chi connectivity index (χ0v) is 9.14. The summed E-state index contributed by atoms with van der Waals surface area (Å²) >= 11 is 0. The van der Waals surface area contributed by atoms with Crippen LogP contribution in [-0.4, -0.2) is 22.0 Å². The zero-order valence-electron chi connectivity index (χ0n) is 9.14. The lowest BCUT2D eigenvalue weighted by Crippen LogP contribution is -1.92. The Labute approximate surface area is 97.8 Å². The first kappa shape index (κ1) is 9.04. The summed E-state index contributed by atoms with van der Waals surface area (Å²) in [5.74, 6) is 3.86. The van der Waals surface area contributed by atoms with Crippen molar-refractivity contribution >= 4 is 0 Å². The maximum absolute atomic E-state index is 5.34. The summed E-state index contributed by atoms with van der Waals surface area (Å²) in [7, 11) is 0. The molecule has 0 spiro atoms. The first-order valence-corrected chi connectivity index (χ1v) is 5.72. The van der Waals surface area contributed by atoms with Gasteiger partial charge in [-0.3, -0.25) is 5.10 Å². The van der Waals surface area contributed by atoms with Crippen molar-refractivity contribution in [2.45, 2.75) is 18.8 Å². The predicted molar refractivity (Wildman–Crippen MR) is 59.9 cm³/mol. The molecule has 0 radical (unpaired) electrons. The smallest absolute Gasteiger partial charge is 0.231 e. The highest BCUT2D eigenvalue weighted by Crippen LogP contribution is 2.39. The minimum Gasteiger partial charge on any atom is -0.454 e. The van der Waals surface area contributed by atoms with Crippen LogP contribution in [0.4, 0.5) is 0 Å². The second-order valence-corrected chi connectivity index (χ2v) is 4.39. The van der Waals surface area contributed by atoms with Crippen LogP contribution < -0.4 is 9.47 Å². The first-order chi connectivity index (χ1) is 8.40. The number of aromatic nitrogens is 3. The second kappa shape index (κ2) is 3.23. The van der Waals surface area contributed by atoms with Crippen molar-refractivity contribution in [3.8, 4) is 22.9 Å². The van der Waals surface area contributed by atoms with Crippen LogP contribution in [0.5, 0.6) is 11.5 Å². The van der Waals surface area contributed by atoms with Crippen molar-refractivity contribution in [3.05, 3.63) is 24.0 Å². The van der Waals surface area contributed by atoms with Crippen LogP contribution in [0.1, 0.15) is 24.6 Å². The van der Waals surface area contributed by atoms with Crippen molar-refractivity contribution < 1.29 is 9.47 Å². The summed E-state index contributed by atoms with van der Waals surface area (Å²) in [4.78, 5) is 4.50.